The zero-order valence-electron chi connectivity index (χ0n) is 17.6. The summed E-state index contributed by atoms with van der Waals surface area (Å²) in [4.78, 5) is 17.4. The van der Waals surface area contributed by atoms with Gasteiger partial charge in [-0.15, -0.1) is 5.10 Å². The van der Waals surface area contributed by atoms with Gasteiger partial charge in [-0.25, -0.2) is 4.98 Å². The monoisotopic (exact) mass is 486 g/mol. The minimum Gasteiger partial charge on any atom is -0.497 e. The highest BCUT2D eigenvalue weighted by molar-refractivity contribution is 7.99. The summed E-state index contributed by atoms with van der Waals surface area (Å²) in [5, 5.41) is 8.56. The summed E-state index contributed by atoms with van der Waals surface area (Å²) in [5.41, 5.74) is 4.23. The zero-order chi connectivity index (χ0) is 22.8. The fourth-order valence-electron chi connectivity index (χ4n) is 3.49. The summed E-state index contributed by atoms with van der Waals surface area (Å²) in [6, 6.07) is 14.8. The number of H-pyrrole nitrogens is 1. The number of nitrogens with one attached hydrogen (secondary N) is 1. The fraction of sp³-hybridized carbons (Fsp3) is 0.174. The minimum absolute atomic E-state index is 0.0127. The molecule has 0 saturated heterocycles. The molecule has 0 radical (unpaired) electrons. The van der Waals surface area contributed by atoms with Crippen LogP contribution in [0, 0.1) is 13.8 Å². The Balaban J connectivity index is 1.49. The number of ether oxygens (including phenoxy) is 1. The highest BCUT2D eigenvalue weighted by Crippen LogP contribution is 2.29. The normalized spacial score (nSPS) is 11.0. The summed E-state index contributed by atoms with van der Waals surface area (Å²) in [7, 11) is 1.64. The van der Waals surface area contributed by atoms with E-state index in [1.807, 2.05) is 44.2 Å². The molecular formula is C23H20Cl2N4O2S. The molecule has 2 aromatic heterocycles. The number of benzene rings is 2. The fourth-order valence-corrected chi connectivity index (χ4v) is 4.67. The third-order valence-corrected chi connectivity index (χ3v) is 6.44. The second kappa shape index (κ2) is 9.40. The first-order valence-electron chi connectivity index (χ1n) is 9.74. The Morgan fingerprint density at radius 2 is 1.88 bits per heavy atom. The van der Waals surface area contributed by atoms with Crippen LogP contribution in [0.1, 0.15) is 21.7 Å². The molecule has 0 unspecified atom stereocenters. The van der Waals surface area contributed by atoms with Gasteiger partial charge in [-0.1, -0.05) is 35.0 Å². The Morgan fingerprint density at radius 3 is 2.56 bits per heavy atom. The van der Waals surface area contributed by atoms with Crippen LogP contribution in [0.15, 0.2) is 53.7 Å². The third kappa shape index (κ3) is 4.55. The molecule has 0 fully saturated rings. The van der Waals surface area contributed by atoms with Crippen molar-refractivity contribution in [2.24, 2.45) is 0 Å². The number of nitrogens with zero attached hydrogens (tertiary/aromatic N) is 3. The van der Waals surface area contributed by atoms with Crippen molar-refractivity contribution in [2.45, 2.75) is 19.0 Å². The van der Waals surface area contributed by atoms with Crippen LogP contribution in [0.25, 0.3) is 17.1 Å². The Labute approximate surface area is 199 Å². The van der Waals surface area contributed by atoms with Crippen molar-refractivity contribution < 1.29 is 9.53 Å². The Kier molecular flexibility index (Phi) is 6.60. The lowest BCUT2D eigenvalue weighted by molar-refractivity contribution is 0.102. The van der Waals surface area contributed by atoms with Gasteiger partial charge in [0.1, 0.15) is 5.75 Å². The number of carbonyl (C=O) groups excluding carboxylic acids is 1. The molecule has 0 amide bonds. The van der Waals surface area contributed by atoms with Crippen molar-refractivity contribution in [2.75, 3.05) is 12.9 Å². The van der Waals surface area contributed by atoms with Crippen LogP contribution in [-0.2, 0) is 0 Å². The molecular weight excluding hydrogens is 467 g/mol. The van der Waals surface area contributed by atoms with Crippen LogP contribution in [0.3, 0.4) is 0 Å². The molecule has 1 N–H and O–H groups in total. The summed E-state index contributed by atoms with van der Waals surface area (Å²) >= 11 is 13.5. The van der Waals surface area contributed by atoms with Crippen molar-refractivity contribution >= 4 is 40.7 Å². The molecule has 9 heteroatoms. The average molecular weight is 487 g/mol. The number of rotatable bonds is 7. The molecule has 0 atom stereocenters. The molecule has 0 bridgehead atoms. The van der Waals surface area contributed by atoms with Gasteiger partial charge in [-0.3, -0.25) is 9.89 Å². The molecule has 0 saturated carbocycles. The standard InChI is InChI=1S/C23H20Cl2N4O2S/c1-13-10-19(14(2)29(13)16-5-7-17(31-3)8-6-16)21(30)12-32-23-26-22(27-28-23)18-9-4-15(24)11-20(18)25/h4-11H,12H2,1-3H3,(H,26,27,28). The van der Waals surface area contributed by atoms with Gasteiger partial charge in [-0.2, -0.15) is 0 Å². The molecule has 2 heterocycles. The van der Waals surface area contributed by atoms with Crippen molar-refractivity contribution in [1.29, 1.82) is 0 Å². The molecule has 0 spiro atoms. The van der Waals surface area contributed by atoms with Gasteiger partial charge in [0.25, 0.3) is 0 Å². The minimum atomic E-state index is 0.0127. The molecule has 0 aliphatic carbocycles. The second-order valence-electron chi connectivity index (χ2n) is 7.12. The number of hydrogen-bond donors (Lipinski definition) is 1. The topological polar surface area (TPSA) is 72.8 Å². The van der Waals surface area contributed by atoms with Crippen LogP contribution in [0.5, 0.6) is 5.75 Å². The number of ketones is 1. The van der Waals surface area contributed by atoms with Gasteiger partial charge >= 0.3 is 0 Å². The van der Waals surface area contributed by atoms with Crippen molar-refractivity contribution in [3.05, 3.63) is 75.5 Å². The van der Waals surface area contributed by atoms with Crippen LogP contribution in [0.2, 0.25) is 10.0 Å². The SMILES string of the molecule is COc1ccc(-n2c(C)cc(C(=O)CSc3n[nH]c(-c4ccc(Cl)cc4Cl)n3)c2C)cc1. The van der Waals surface area contributed by atoms with Crippen molar-refractivity contribution in [1.82, 2.24) is 19.7 Å². The number of halogens is 2. The predicted molar refractivity (Wildman–Crippen MR) is 129 cm³/mol. The van der Waals surface area contributed by atoms with Gasteiger partial charge in [0.05, 0.1) is 17.9 Å². The first kappa shape index (κ1) is 22.5. The second-order valence-corrected chi connectivity index (χ2v) is 8.91. The molecule has 0 aliphatic rings. The highest BCUT2D eigenvalue weighted by Gasteiger charge is 2.18. The van der Waals surface area contributed by atoms with E-state index in [1.54, 1.807) is 25.3 Å². The predicted octanol–water partition coefficient (Wildman–Crippen LogP) is 6.17. The van der Waals surface area contributed by atoms with E-state index >= 15 is 0 Å². The molecule has 164 valence electrons. The summed E-state index contributed by atoms with van der Waals surface area (Å²) in [6.07, 6.45) is 0. The molecule has 4 rings (SSSR count). The molecule has 4 aromatic rings. The highest BCUT2D eigenvalue weighted by atomic mass is 35.5. The third-order valence-electron chi connectivity index (χ3n) is 5.05. The Morgan fingerprint density at radius 1 is 1.12 bits per heavy atom. The van der Waals surface area contributed by atoms with Crippen LogP contribution in [0.4, 0.5) is 0 Å². The van der Waals surface area contributed by atoms with E-state index in [0.717, 1.165) is 22.8 Å². The zero-order valence-corrected chi connectivity index (χ0v) is 20.0. The molecule has 6 nitrogen and oxygen atoms in total. The van der Waals surface area contributed by atoms with Gasteiger partial charge in [-0.05, 0) is 62.4 Å². The van der Waals surface area contributed by atoms with Crippen molar-refractivity contribution in [3.8, 4) is 22.8 Å². The quantitative estimate of drug-likeness (QED) is 0.249. The largest absolute Gasteiger partial charge is 0.497 e. The van der Waals surface area contributed by atoms with E-state index in [4.69, 9.17) is 27.9 Å². The summed E-state index contributed by atoms with van der Waals surface area (Å²) in [5.74, 6) is 1.55. The number of aromatic nitrogens is 4. The maximum atomic E-state index is 12.9. The van der Waals surface area contributed by atoms with Gasteiger partial charge in [0.2, 0.25) is 5.16 Å². The van der Waals surface area contributed by atoms with Gasteiger partial charge < -0.3 is 9.30 Å². The van der Waals surface area contributed by atoms with Crippen LogP contribution < -0.4 is 4.74 Å². The van der Waals surface area contributed by atoms with E-state index in [0.29, 0.717) is 32.2 Å². The first-order valence-corrected chi connectivity index (χ1v) is 11.5. The molecule has 2 aromatic carbocycles. The number of aromatic amines is 1. The molecule has 0 aliphatic heterocycles. The van der Waals surface area contributed by atoms with E-state index in [-0.39, 0.29) is 11.5 Å². The number of hydrogen-bond acceptors (Lipinski definition) is 5. The summed E-state index contributed by atoms with van der Waals surface area (Å²) in [6.45, 7) is 3.93. The lowest BCUT2D eigenvalue weighted by Crippen LogP contribution is -2.05. The average Bonchev–Trinajstić information content (AvgIpc) is 3.36. The summed E-state index contributed by atoms with van der Waals surface area (Å²) < 4.78 is 7.29. The van der Waals surface area contributed by atoms with E-state index in [9.17, 15) is 4.79 Å². The Hall–Kier alpha value is -2.74. The lowest BCUT2D eigenvalue weighted by Gasteiger charge is -2.10. The van der Waals surface area contributed by atoms with E-state index < -0.39 is 0 Å². The number of methoxy groups -OCH3 is 1. The van der Waals surface area contributed by atoms with Gasteiger partial charge in [0.15, 0.2) is 11.6 Å². The van der Waals surface area contributed by atoms with E-state index in [1.165, 1.54) is 11.8 Å². The number of thioether (sulfide) groups is 1. The first-order chi connectivity index (χ1) is 15.4. The number of Topliss-reactive ketones (excluding diaryl/α,β-unsaturated/α-hetero) is 1. The van der Waals surface area contributed by atoms with E-state index in [2.05, 4.69) is 19.7 Å². The smallest absolute Gasteiger partial charge is 0.209 e. The van der Waals surface area contributed by atoms with Gasteiger partial charge in [0, 0.05) is 33.2 Å². The number of carbonyl (C=O) groups is 1. The van der Waals surface area contributed by atoms with Crippen molar-refractivity contribution in [3.63, 3.8) is 0 Å². The Bertz CT molecular complexity index is 1280. The number of aryl methyl sites for hydroxylation is 1. The maximum Gasteiger partial charge on any atom is 0.209 e. The maximum absolute atomic E-state index is 12.9. The lowest BCUT2D eigenvalue weighted by atomic mass is 10.2. The molecule has 32 heavy (non-hydrogen) atoms. The van der Waals surface area contributed by atoms with Crippen LogP contribution >= 0.6 is 35.0 Å². The van der Waals surface area contributed by atoms with Crippen LogP contribution in [-0.4, -0.2) is 38.4 Å².